The van der Waals surface area contributed by atoms with Crippen molar-refractivity contribution in [3.8, 4) is 0 Å². The predicted octanol–water partition coefficient (Wildman–Crippen LogP) is 2.02. The highest BCUT2D eigenvalue weighted by Crippen LogP contribution is 2.30. The lowest BCUT2D eigenvalue weighted by Gasteiger charge is -2.22. The van der Waals surface area contributed by atoms with Gasteiger partial charge in [0, 0.05) is 23.6 Å². The molecule has 2 rings (SSSR count). The van der Waals surface area contributed by atoms with Crippen molar-refractivity contribution in [2.75, 3.05) is 24.6 Å². The van der Waals surface area contributed by atoms with Crippen molar-refractivity contribution in [3.05, 3.63) is 24.0 Å². The van der Waals surface area contributed by atoms with Gasteiger partial charge >= 0.3 is 0 Å². The number of nitrogens with two attached hydrogens (primary N) is 1. The van der Waals surface area contributed by atoms with Gasteiger partial charge in [-0.1, -0.05) is 13.8 Å². The molecule has 1 fully saturated rings. The Labute approximate surface area is 112 Å². The summed E-state index contributed by atoms with van der Waals surface area (Å²) in [5, 5.41) is 0. The Balaban J connectivity index is 2.07. The third kappa shape index (κ3) is 3.16. The molecule has 0 radical (unpaired) electrons. The number of amides is 1. The van der Waals surface area contributed by atoms with Crippen LogP contribution in [0.4, 0.5) is 5.69 Å². The van der Waals surface area contributed by atoms with E-state index in [2.05, 4.69) is 18.8 Å². The smallest absolute Gasteiger partial charge is 0.272 e. The molecule has 2 N–H and O–H groups in total. The second-order valence-corrected chi connectivity index (χ2v) is 6.93. The highest BCUT2D eigenvalue weighted by atomic mass is 32.2. The molecular formula is C13H19N3OS. The van der Waals surface area contributed by atoms with Crippen LogP contribution in [0.1, 0.15) is 30.8 Å². The van der Waals surface area contributed by atoms with Crippen molar-refractivity contribution >= 4 is 23.4 Å². The number of anilines is 1. The first-order chi connectivity index (χ1) is 8.48. The molecule has 0 spiro atoms. The first-order valence-corrected chi connectivity index (χ1v) is 7.11. The van der Waals surface area contributed by atoms with Gasteiger partial charge in [0.15, 0.2) is 0 Å². The standard InChI is InChI=1S/C13H19N3OS/c1-13(2)5-6-16(7-8-18-13)12(17)11-4-3-10(14)9-15-11/h3-4,9H,5-8,14H2,1-2H3. The molecule has 0 aliphatic carbocycles. The van der Waals surface area contributed by atoms with Crippen LogP contribution in [0.2, 0.25) is 0 Å². The number of thioether (sulfide) groups is 1. The van der Waals surface area contributed by atoms with Gasteiger partial charge in [-0.25, -0.2) is 4.98 Å². The van der Waals surface area contributed by atoms with Gasteiger partial charge in [-0.3, -0.25) is 4.79 Å². The molecule has 0 saturated carbocycles. The normalized spacial score (nSPS) is 19.3. The lowest BCUT2D eigenvalue weighted by Crippen LogP contribution is -2.34. The van der Waals surface area contributed by atoms with Gasteiger partial charge in [-0.2, -0.15) is 11.8 Å². The molecule has 1 aromatic rings. The van der Waals surface area contributed by atoms with Crippen LogP contribution in [0.3, 0.4) is 0 Å². The third-order valence-electron chi connectivity index (χ3n) is 3.13. The summed E-state index contributed by atoms with van der Waals surface area (Å²) in [5.41, 5.74) is 6.64. The number of nitrogen functional groups attached to an aromatic ring is 1. The fraction of sp³-hybridized carbons (Fsp3) is 0.538. The van der Waals surface area contributed by atoms with E-state index in [1.165, 1.54) is 6.20 Å². The van der Waals surface area contributed by atoms with Gasteiger partial charge in [-0.05, 0) is 18.6 Å². The fourth-order valence-corrected chi connectivity index (χ4v) is 3.02. The molecule has 1 aromatic heterocycles. The summed E-state index contributed by atoms with van der Waals surface area (Å²) in [7, 11) is 0. The Hall–Kier alpha value is -1.23. The summed E-state index contributed by atoms with van der Waals surface area (Å²) >= 11 is 1.93. The molecule has 1 amide bonds. The average Bonchev–Trinajstić information content (AvgIpc) is 2.50. The second kappa shape index (κ2) is 5.18. The number of nitrogens with zero attached hydrogens (tertiary/aromatic N) is 2. The third-order valence-corrected chi connectivity index (χ3v) is 4.50. The van der Waals surface area contributed by atoms with Gasteiger partial charge in [0.05, 0.1) is 11.9 Å². The SMILES string of the molecule is CC1(C)CCN(C(=O)c2ccc(N)cn2)CCS1. The molecule has 1 aliphatic heterocycles. The summed E-state index contributed by atoms with van der Waals surface area (Å²) in [6.45, 7) is 6.05. The summed E-state index contributed by atoms with van der Waals surface area (Å²) in [6.07, 6.45) is 2.54. The number of hydrogen-bond donors (Lipinski definition) is 1. The highest BCUT2D eigenvalue weighted by Gasteiger charge is 2.26. The lowest BCUT2D eigenvalue weighted by atomic mass is 10.1. The Bertz CT molecular complexity index is 430. The van der Waals surface area contributed by atoms with Gasteiger partial charge < -0.3 is 10.6 Å². The van der Waals surface area contributed by atoms with Gasteiger partial charge in [0.25, 0.3) is 5.91 Å². The van der Waals surface area contributed by atoms with E-state index in [0.717, 1.165) is 25.3 Å². The Morgan fingerprint density at radius 2 is 2.22 bits per heavy atom. The molecule has 1 saturated heterocycles. The first-order valence-electron chi connectivity index (χ1n) is 6.13. The molecule has 1 aliphatic rings. The minimum Gasteiger partial charge on any atom is -0.397 e. The Kier molecular flexibility index (Phi) is 3.80. The molecule has 0 atom stereocenters. The molecule has 5 heteroatoms. The van der Waals surface area contributed by atoms with Crippen molar-refractivity contribution < 1.29 is 4.79 Å². The number of pyridine rings is 1. The number of hydrogen-bond acceptors (Lipinski definition) is 4. The van der Waals surface area contributed by atoms with E-state index in [4.69, 9.17) is 5.73 Å². The number of carbonyl (C=O) groups is 1. The zero-order valence-electron chi connectivity index (χ0n) is 10.8. The van der Waals surface area contributed by atoms with Crippen molar-refractivity contribution in [1.82, 2.24) is 9.88 Å². The molecule has 4 nitrogen and oxygen atoms in total. The second-order valence-electron chi connectivity index (χ2n) is 5.13. The molecule has 0 unspecified atom stereocenters. The van der Waals surface area contributed by atoms with Crippen LogP contribution in [0.15, 0.2) is 18.3 Å². The topological polar surface area (TPSA) is 59.2 Å². The molecule has 0 bridgehead atoms. The van der Waals surface area contributed by atoms with Crippen molar-refractivity contribution in [3.63, 3.8) is 0 Å². The molecule has 18 heavy (non-hydrogen) atoms. The first kappa shape index (κ1) is 13.2. The highest BCUT2D eigenvalue weighted by molar-refractivity contribution is 8.00. The van der Waals surface area contributed by atoms with Crippen molar-refractivity contribution in [1.29, 1.82) is 0 Å². The summed E-state index contributed by atoms with van der Waals surface area (Å²) in [5.74, 6) is 0.988. The molecule has 98 valence electrons. The summed E-state index contributed by atoms with van der Waals surface area (Å²) in [6, 6.07) is 3.41. The van der Waals surface area contributed by atoms with Crippen LogP contribution in [-0.2, 0) is 0 Å². The van der Waals surface area contributed by atoms with Gasteiger partial charge in [0.2, 0.25) is 0 Å². The van der Waals surface area contributed by atoms with Crippen LogP contribution >= 0.6 is 11.8 Å². The number of carbonyl (C=O) groups excluding carboxylic acids is 1. The van der Waals surface area contributed by atoms with E-state index < -0.39 is 0 Å². The van der Waals surface area contributed by atoms with E-state index in [1.807, 2.05) is 16.7 Å². The molecule has 2 heterocycles. The maximum atomic E-state index is 12.3. The van der Waals surface area contributed by atoms with E-state index in [0.29, 0.717) is 11.4 Å². The molecular weight excluding hydrogens is 246 g/mol. The van der Waals surface area contributed by atoms with Crippen molar-refractivity contribution in [2.24, 2.45) is 0 Å². The monoisotopic (exact) mass is 265 g/mol. The summed E-state index contributed by atoms with van der Waals surface area (Å²) < 4.78 is 0.254. The maximum absolute atomic E-state index is 12.3. The van der Waals surface area contributed by atoms with Crippen LogP contribution in [-0.4, -0.2) is 39.4 Å². The van der Waals surface area contributed by atoms with Gasteiger partial charge in [-0.15, -0.1) is 0 Å². The minimum absolute atomic E-state index is 0.00769. The number of rotatable bonds is 1. The van der Waals surface area contributed by atoms with E-state index >= 15 is 0 Å². The molecule has 0 aromatic carbocycles. The van der Waals surface area contributed by atoms with E-state index in [9.17, 15) is 4.79 Å². The Morgan fingerprint density at radius 1 is 1.44 bits per heavy atom. The fourth-order valence-electron chi connectivity index (χ4n) is 1.92. The lowest BCUT2D eigenvalue weighted by molar-refractivity contribution is 0.0759. The maximum Gasteiger partial charge on any atom is 0.272 e. The predicted molar refractivity (Wildman–Crippen MR) is 75.7 cm³/mol. The quantitative estimate of drug-likeness (QED) is 0.844. The Morgan fingerprint density at radius 3 is 2.89 bits per heavy atom. The average molecular weight is 265 g/mol. The van der Waals surface area contributed by atoms with Gasteiger partial charge in [0.1, 0.15) is 5.69 Å². The summed E-state index contributed by atoms with van der Waals surface area (Å²) in [4.78, 5) is 18.3. The minimum atomic E-state index is 0.00769. The zero-order chi connectivity index (χ0) is 13.2. The number of aromatic nitrogens is 1. The van der Waals surface area contributed by atoms with E-state index in [1.54, 1.807) is 12.1 Å². The van der Waals surface area contributed by atoms with Crippen LogP contribution < -0.4 is 5.73 Å². The zero-order valence-corrected chi connectivity index (χ0v) is 11.7. The van der Waals surface area contributed by atoms with Crippen LogP contribution in [0, 0.1) is 0 Å². The van der Waals surface area contributed by atoms with E-state index in [-0.39, 0.29) is 10.7 Å². The van der Waals surface area contributed by atoms with Crippen LogP contribution in [0.5, 0.6) is 0 Å². The van der Waals surface area contributed by atoms with Crippen molar-refractivity contribution in [2.45, 2.75) is 25.0 Å². The largest absolute Gasteiger partial charge is 0.397 e. The van der Waals surface area contributed by atoms with Crippen LogP contribution in [0.25, 0.3) is 0 Å².